The van der Waals surface area contributed by atoms with E-state index in [1.165, 1.54) is 12.1 Å². The first-order valence-electron chi connectivity index (χ1n) is 6.62. The van der Waals surface area contributed by atoms with Gasteiger partial charge in [-0.25, -0.2) is 9.18 Å². The van der Waals surface area contributed by atoms with E-state index in [1.54, 1.807) is 6.07 Å². The van der Waals surface area contributed by atoms with Gasteiger partial charge in [-0.1, -0.05) is 12.1 Å². The van der Waals surface area contributed by atoms with Gasteiger partial charge < -0.3 is 10.1 Å². The molecule has 2 aliphatic heterocycles. The summed E-state index contributed by atoms with van der Waals surface area (Å²) in [5.41, 5.74) is 3.66. The van der Waals surface area contributed by atoms with Gasteiger partial charge in [-0.3, -0.25) is 5.10 Å². The van der Waals surface area contributed by atoms with E-state index < -0.39 is 0 Å². The van der Waals surface area contributed by atoms with Crippen LogP contribution in [0.15, 0.2) is 35.5 Å². The summed E-state index contributed by atoms with van der Waals surface area (Å²) in [6.45, 7) is 2.08. The van der Waals surface area contributed by atoms with Gasteiger partial charge in [0.25, 0.3) is 0 Å². The molecule has 5 nitrogen and oxygen atoms in total. The average Bonchev–Trinajstić information content (AvgIpc) is 3.02. The van der Waals surface area contributed by atoms with Crippen LogP contribution in [0, 0.1) is 12.7 Å². The molecule has 0 amide bonds. The molecule has 0 unspecified atom stereocenters. The smallest absolute Gasteiger partial charge is 0.337 e. The van der Waals surface area contributed by atoms with Gasteiger partial charge in [0.15, 0.2) is 5.82 Å². The third-order valence-electron chi connectivity index (χ3n) is 3.92. The Labute approximate surface area is 119 Å². The highest BCUT2D eigenvalue weighted by atomic mass is 19.1. The number of H-pyrrole nitrogens is 1. The summed E-state index contributed by atoms with van der Waals surface area (Å²) in [5, 5.41) is 10.2. The number of fused-ring (bicyclic) bond motifs is 1. The Kier molecular flexibility index (Phi) is 2.42. The molecule has 2 aliphatic rings. The average molecular weight is 285 g/mol. The number of aromatic nitrogens is 2. The van der Waals surface area contributed by atoms with Gasteiger partial charge in [0, 0.05) is 17.2 Å². The third kappa shape index (κ3) is 1.68. The normalized spacial score (nSPS) is 19.9. The van der Waals surface area contributed by atoms with Crippen molar-refractivity contribution in [2.75, 3.05) is 11.9 Å². The Morgan fingerprint density at radius 2 is 2.29 bits per heavy atom. The standard InChI is InChI=1S/C15H12FN3O2/c1-7-11-12(8-3-2-4-9(16)5-8)13-10(6-21-15(13)20)17-14(11)19-18-7/h2-5,12H,6H2,1H3,(H2,17,18,19)/t12-/m1/s1. The molecule has 0 saturated heterocycles. The first kappa shape index (κ1) is 12.1. The van der Waals surface area contributed by atoms with Crippen LogP contribution < -0.4 is 5.32 Å². The van der Waals surface area contributed by atoms with Crippen molar-refractivity contribution in [2.24, 2.45) is 0 Å². The molecule has 0 radical (unpaired) electrons. The van der Waals surface area contributed by atoms with Crippen LogP contribution in [0.3, 0.4) is 0 Å². The van der Waals surface area contributed by atoms with Crippen molar-refractivity contribution >= 4 is 11.8 Å². The molecule has 0 spiro atoms. The summed E-state index contributed by atoms with van der Waals surface area (Å²) in [5.74, 6) is -0.389. The van der Waals surface area contributed by atoms with Gasteiger partial charge >= 0.3 is 5.97 Å². The largest absolute Gasteiger partial charge is 0.456 e. The molecule has 0 fully saturated rings. The fraction of sp³-hybridized carbons (Fsp3) is 0.200. The molecule has 0 aliphatic carbocycles. The van der Waals surface area contributed by atoms with E-state index in [4.69, 9.17) is 4.74 Å². The van der Waals surface area contributed by atoms with E-state index in [0.717, 1.165) is 11.3 Å². The van der Waals surface area contributed by atoms with Crippen LogP contribution >= 0.6 is 0 Å². The highest BCUT2D eigenvalue weighted by Crippen LogP contribution is 2.44. The van der Waals surface area contributed by atoms with Crippen LogP contribution in [-0.2, 0) is 9.53 Å². The SMILES string of the molecule is Cc1[nH]nc2c1[C@@H](c1cccc(F)c1)C1=C(COC1=O)N2. The highest BCUT2D eigenvalue weighted by molar-refractivity contribution is 5.97. The fourth-order valence-electron chi connectivity index (χ4n) is 3.00. The lowest BCUT2D eigenvalue weighted by atomic mass is 9.82. The van der Waals surface area contributed by atoms with Gasteiger partial charge in [-0.2, -0.15) is 5.10 Å². The van der Waals surface area contributed by atoms with E-state index in [0.29, 0.717) is 22.7 Å². The lowest BCUT2D eigenvalue weighted by Gasteiger charge is -2.24. The minimum Gasteiger partial charge on any atom is -0.456 e. The number of aromatic amines is 1. The van der Waals surface area contributed by atoms with Gasteiger partial charge in [0.05, 0.1) is 11.3 Å². The lowest BCUT2D eigenvalue weighted by Crippen LogP contribution is -2.19. The zero-order chi connectivity index (χ0) is 14.6. The molecule has 2 N–H and O–H groups in total. The number of aryl methyl sites for hydroxylation is 1. The molecule has 21 heavy (non-hydrogen) atoms. The summed E-state index contributed by atoms with van der Waals surface area (Å²) >= 11 is 0. The summed E-state index contributed by atoms with van der Waals surface area (Å²) in [7, 11) is 0. The van der Waals surface area contributed by atoms with E-state index >= 15 is 0 Å². The molecule has 3 heterocycles. The Hall–Kier alpha value is -2.63. The molecule has 6 heteroatoms. The van der Waals surface area contributed by atoms with Crippen molar-refractivity contribution < 1.29 is 13.9 Å². The van der Waals surface area contributed by atoms with Crippen LogP contribution in [-0.4, -0.2) is 22.8 Å². The predicted molar refractivity (Wildman–Crippen MR) is 73.2 cm³/mol. The molecule has 1 aromatic carbocycles. The first-order valence-corrected chi connectivity index (χ1v) is 6.62. The second-order valence-corrected chi connectivity index (χ2v) is 5.19. The summed E-state index contributed by atoms with van der Waals surface area (Å²) in [6.07, 6.45) is 0. The van der Waals surface area contributed by atoms with Crippen LogP contribution in [0.25, 0.3) is 0 Å². The third-order valence-corrected chi connectivity index (χ3v) is 3.92. The number of hydrogen-bond acceptors (Lipinski definition) is 4. The summed E-state index contributed by atoms with van der Waals surface area (Å²) < 4.78 is 18.7. The minimum absolute atomic E-state index is 0.200. The van der Waals surface area contributed by atoms with Crippen molar-refractivity contribution in [1.29, 1.82) is 0 Å². The molecule has 2 aromatic rings. The first-order chi connectivity index (χ1) is 10.1. The highest BCUT2D eigenvalue weighted by Gasteiger charge is 2.40. The van der Waals surface area contributed by atoms with E-state index in [2.05, 4.69) is 15.5 Å². The van der Waals surface area contributed by atoms with Crippen molar-refractivity contribution in [3.63, 3.8) is 0 Å². The Morgan fingerprint density at radius 3 is 3.10 bits per heavy atom. The Bertz CT molecular complexity index is 794. The number of carbonyl (C=O) groups is 1. The molecule has 0 bridgehead atoms. The number of cyclic esters (lactones) is 1. The monoisotopic (exact) mass is 285 g/mol. The topological polar surface area (TPSA) is 67.0 Å². The van der Waals surface area contributed by atoms with Crippen LogP contribution in [0.5, 0.6) is 0 Å². The maximum absolute atomic E-state index is 13.6. The Balaban J connectivity index is 1.96. The molecule has 4 rings (SSSR count). The van der Waals surface area contributed by atoms with Gasteiger partial charge in [-0.05, 0) is 24.6 Å². The van der Waals surface area contributed by atoms with E-state index in [1.807, 2.05) is 13.0 Å². The van der Waals surface area contributed by atoms with Crippen molar-refractivity contribution in [1.82, 2.24) is 10.2 Å². The quantitative estimate of drug-likeness (QED) is 0.788. The van der Waals surface area contributed by atoms with Gasteiger partial charge in [0.1, 0.15) is 12.4 Å². The fourth-order valence-corrected chi connectivity index (χ4v) is 3.00. The second kappa shape index (κ2) is 4.18. The van der Waals surface area contributed by atoms with E-state index in [-0.39, 0.29) is 24.3 Å². The molecular weight excluding hydrogens is 273 g/mol. The number of esters is 1. The number of halogens is 1. The number of anilines is 1. The van der Waals surface area contributed by atoms with Crippen molar-refractivity contribution in [3.05, 3.63) is 58.2 Å². The number of ether oxygens (including phenoxy) is 1. The Morgan fingerprint density at radius 1 is 1.43 bits per heavy atom. The zero-order valence-electron chi connectivity index (χ0n) is 11.2. The van der Waals surface area contributed by atoms with E-state index in [9.17, 15) is 9.18 Å². The number of nitrogens with zero attached hydrogens (tertiary/aromatic N) is 1. The molecule has 1 aromatic heterocycles. The van der Waals surface area contributed by atoms with Crippen molar-refractivity contribution in [2.45, 2.75) is 12.8 Å². The van der Waals surface area contributed by atoms with Crippen LogP contribution in [0.4, 0.5) is 10.2 Å². The second-order valence-electron chi connectivity index (χ2n) is 5.19. The minimum atomic E-state index is -0.363. The molecule has 0 saturated carbocycles. The maximum atomic E-state index is 13.6. The number of nitrogens with one attached hydrogen (secondary N) is 2. The van der Waals surface area contributed by atoms with Gasteiger partial charge in [-0.15, -0.1) is 0 Å². The van der Waals surface area contributed by atoms with Gasteiger partial charge in [0.2, 0.25) is 0 Å². The molecule has 106 valence electrons. The maximum Gasteiger partial charge on any atom is 0.337 e. The number of carbonyl (C=O) groups excluding carboxylic acids is 1. The number of hydrogen-bond donors (Lipinski definition) is 2. The number of benzene rings is 1. The summed E-state index contributed by atoms with van der Waals surface area (Å²) in [4.78, 5) is 12.1. The molecular formula is C15H12FN3O2. The van der Waals surface area contributed by atoms with Crippen molar-refractivity contribution in [3.8, 4) is 0 Å². The number of rotatable bonds is 1. The lowest BCUT2D eigenvalue weighted by molar-refractivity contribution is -0.136. The zero-order valence-corrected chi connectivity index (χ0v) is 11.2. The van der Waals surface area contributed by atoms with Crippen LogP contribution in [0.2, 0.25) is 0 Å². The predicted octanol–water partition coefficient (Wildman–Crippen LogP) is 2.23. The molecule has 1 atom stereocenters. The summed E-state index contributed by atoms with van der Waals surface area (Å²) in [6, 6.07) is 6.28. The van der Waals surface area contributed by atoms with Crippen LogP contribution in [0.1, 0.15) is 22.7 Å².